The summed E-state index contributed by atoms with van der Waals surface area (Å²) < 4.78 is 26.4. The van der Waals surface area contributed by atoms with Gasteiger partial charge in [0.15, 0.2) is 0 Å². The summed E-state index contributed by atoms with van der Waals surface area (Å²) in [7, 11) is -3.72. The van der Waals surface area contributed by atoms with Gasteiger partial charge in [-0.25, -0.2) is 8.42 Å². The Balaban J connectivity index is 0.00000242. The number of piperazine rings is 1. The maximum absolute atomic E-state index is 12.6. The first kappa shape index (κ1) is 19.5. The molecule has 0 unspecified atom stereocenters. The lowest BCUT2D eigenvalue weighted by atomic mass is 10.3. The fraction of sp³-hybridized carbons (Fsp3) is 0.417. The number of carbonyl (C=O) groups is 1. The number of benzene rings is 1. The van der Waals surface area contributed by atoms with Crippen molar-refractivity contribution in [1.82, 2.24) is 9.21 Å². The van der Waals surface area contributed by atoms with E-state index in [2.05, 4.69) is 0 Å². The topological polar surface area (TPSA) is 83.7 Å². The molecule has 0 spiro atoms. The minimum atomic E-state index is -3.72. The van der Waals surface area contributed by atoms with Gasteiger partial charge < -0.3 is 10.6 Å². The predicted octanol–water partition coefficient (Wildman–Crippen LogP) is 1.21. The van der Waals surface area contributed by atoms with E-state index >= 15 is 0 Å². The molecule has 1 heterocycles. The first-order valence-corrected chi connectivity index (χ1v) is 8.49. The molecule has 10 heteroatoms. The van der Waals surface area contributed by atoms with Gasteiger partial charge in [0.2, 0.25) is 15.9 Å². The van der Waals surface area contributed by atoms with Crippen LogP contribution in [0.2, 0.25) is 10.0 Å². The molecule has 0 saturated carbocycles. The summed E-state index contributed by atoms with van der Waals surface area (Å²) in [4.78, 5) is 13.0. The Labute approximate surface area is 145 Å². The maximum Gasteiger partial charge on any atom is 0.244 e. The number of hydrogen-bond acceptors (Lipinski definition) is 4. The summed E-state index contributed by atoms with van der Waals surface area (Å²) in [6.07, 6.45) is 0. The second kappa shape index (κ2) is 7.81. The van der Waals surface area contributed by atoms with Crippen LogP contribution in [0.1, 0.15) is 0 Å². The molecule has 0 aliphatic carbocycles. The van der Waals surface area contributed by atoms with Crippen molar-refractivity contribution in [3.63, 3.8) is 0 Å². The van der Waals surface area contributed by atoms with Crippen molar-refractivity contribution in [3.8, 4) is 0 Å². The molecule has 1 fully saturated rings. The highest BCUT2D eigenvalue weighted by Gasteiger charge is 2.31. The Morgan fingerprint density at radius 2 is 1.77 bits per heavy atom. The number of carbonyl (C=O) groups excluding carboxylic acids is 1. The molecule has 2 rings (SSSR count). The fourth-order valence-corrected chi connectivity index (χ4v) is 4.29. The minimum absolute atomic E-state index is 0. The van der Waals surface area contributed by atoms with Gasteiger partial charge in [-0.15, -0.1) is 12.4 Å². The first-order chi connectivity index (χ1) is 9.87. The average molecular weight is 389 g/mol. The number of rotatable bonds is 3. The first-order valence-electron chi connectivity index (χ1n) is 6.30. The van der Waals surface area contributed by atoms with E-state index in [0.29, 0.717) is 13.1 Å². The highest BCUT2D eigenvalue weighted by molar-refractivity contribution is 7.89. The average Bonchev–Trinajstić information content (AvgIpc) is 2.49. The molecule has 1 aliphatic heterocycles. The van der Waals surface area contributed by atoms with Crippen molar-refractivity contribution in [2.75, 3.05) is 32.7 Å². The monoisotopic (exact) mass is 387 g/mol. The SMILES string of the molecule is Cl.NCC(=O)N1CCN(S(=O)(=O)c2cccc(Cl)c2Cl)CC1. The van der Waals surface area contributed by atoms with Crippen LogP contribution in [0.4, 0.5) is 0 Å². The molecular weight excluding hydrogens is 373 g/mol. The number of nitrogens with two attached hydrogens (primary N) is 1. The third-order valence-electron chi connectivity index (χ3n) is 3.30. The number of amides is 1. The number of nitrogens with zero attached hydrogens (tertiary/aromatic N) is 2. The van der Waals surface area contributed by atoms with Crippen LogP contribution >= 0.6 is 35.6 Å². The summed E-state index contributed by atoms with van der Waals surface area (Å²) >= 11 is 11.8. The van der Waals surface area contributed by atoms with Crippen molar-refractivity contribution in [2.24, 2.45) is 5.73 Å². The second-order valence-electron chi connectivity index (χ2n) is 4.54. The highest BCUT2D eigenvalue weighted by Crippen LogP contribution is 2.31. The second-order valence-corrected chi connectivity index (χ2v) is 7.23. The van der Waals surface area contributed by atoms with Crippen LogP contribution in [0.25, 0.3) is 0 Å². The Bertz CT molecular complexity index is 646. The molecule has 22 heavy (non-hydrogen) atoms. The number of sulfonamides is 1. The summed E-state index contributed by atoms with van der Waals surface area (Å²) in [6, 6.07) is 4.48. The van der Waals surface area contributed by atoms with Crippen LogP contribution < -0.4 is 5.73 Å². The number of hydrogen-bond donors (Lipinski definition) is 1. The summed E-state index contributed by atoms with van der Waals surface area (Å²) in [5, 5.41) is 0.203. The van der Waals surface area contributed by atoms with Gasteiger partial charge in [-0.05, 0) is 12.1 Å². The zero-order chi connectivity index (χ0) is 15.6. The molecular formula is C12H16Cl3N3O3S. The molecule has 1 amide bonds. The van der Waals surface area contributed by atoms with E-state index in [9.17, 15) is 13.2 Å². The van der Waals surface area contributed by atoms with Gasteiger partial charge in [0.1, 0.15) is 4.90 Å². The van der Waals surface area contributed by atoms with Gasteiger partial charge in [0, 0.05) is 26.2 Å². The van der Waals surface area contributed by atoms with E-state index in [0.717, 1.165) is 0 Å². The minimum Gasteiger partial charge on any atom is -0.339 e. The normalized spacial score (nSPS) is 16.2. The maximum atomic E-state index is 12.6. The van der Waals surface area contributed by atoms with Crippen LogP contribution in [-0.4, -0.2) is 56.3 Å². The quantitative estimate of drug-likeness (QED) is 0.843. The molecule has 1 aromatic carbocycles. The number of halogens is 3. The summed E-state index contributed by atoms with van der Waals surface area (Å²) in [6.45, 7) is 0.960. The van der Waals surface area contributed by atoms with E-state index in [1.807, 2.05) is 0 Å². The van der Waals surface area contributed by atoms with Crippen molar-refractivity contribution in [3.05, 3.63) is 28.2 Å². The van der Waals surface area contributed by atoms with Crippen LogP contribution in [-0.2, 0) is 14.8 Å². The predicted molar refractivity (Wildman–Crippen MR) is 88.1 cm³/mol. The molecule has 2 N–H and O–H groups in total. The zero-order valence-electron chi connectivity index (χ0n) is 11.5. The molecule has 0 bridgehead atoms. The van der Waals surface area contributed by atoms with Crippen LogP contribution in [0, 0.1) is 0 Å². The van der Waals surface area contributed by atoms with Crippen molar-refractivity contribution in [2.45, 2.75) is 4.90 Å². The molecule has 1 saturated heterocycles. The lowest BCUT2D eigenvalue weighted by Gasteiger charge is -2.34. The third-order valence-corrected chi connectivity index (χ3v) is 6.17. The summed E-state index contributed by atoms with van der Waals surface area (Å²) in [5.74, 6) is -0.187. The van der Waals surface area contributed by atoms with Gasteiger partial charge in [0.25, 0.3) is 0 Å². The molecule has 6 nitrogen and oxygen atoms in total. The molecule has 0 atom stereocenters. The molecule has 124 valence electrons. The van der Waals surface area contributed by atoms with Crippen LogP contribution in [0.3, 0.4) is 0 Å². The van der Waals surface area contributed by atoms with E-state index in [-0.39, 0.29) is 52.9 Å². The zero-order valence-corrected chi connectivity index (χ0v) is 14.7. The van der Waals surface area contributed by atoms with Crippen molar-refractivity contribution in [1.29, 1.82) is 0 Å². The van der Waals surface area contributed by atoms with Gasteiger partial charge in [0.05, 0.1) is 16.6 Å². The van der Waals surface area contributed by atoms with Gasteiger partial charge in [-0.1, -0.05) is 29.3 Å². The molecule has 1 aliphatic rings. The Morgan fingerprint density at radius 3 is 2.32 bits per heavy atom. The fourth-order valence-electron chi connectivity index (χ4n) is 2.13. The Kier molecular flexibility index (Phi) is 6.91. The van der Waals surface area contributed by atoms with Gasteiger partial charge in [-0.3, -0.25) is 4.79 Å². The molecule has 1 aromatic rings. The molecule has 0 radical (unpaired) electrons. The highest BCUT2D eigenvalue weighted by atomic mass is 35.5. The lowest BCUT2D eigenvalue weighted by Crippen LogP contribution is -2.51. The van der Waals surface area contributed by atoms with E-state index in [1.54, 1.807) is 4.90 Å². The third kappa shape index (κ3) is 3.84. The van der Waals surface area contributed by atoms with Crippen LogP contribution in [0.15, 0.2) is 23.1 Å². The van der Waals surface area contributed by atoms with E-state index in [4.69, 9.17) is 28.9 Å². The Morgan fingerprint density at radius 1 is 1.18 bits per heavy atom. The van der Waals surface area contributed by atoms with Gasteiger partial charge >= 0.3 is 0 Å². The van der Waals surface area contributed by atoms with Gasteiger partial charge in [-0.2, -0.15) is 4.31 Å². The van der Waals surface area contributed by atoms with E-state index in [1.165, 1.54) is 22.5 Å². The van der Waals surface area contributed by atoms with E-state index < -0.39 is 10.0 Å². The largest absolute Gasteiger partial charge is 0.339 e. The lowest BCUT2D eigenvalue weighted by molar-refractivity contribution is -0.130. The smallest absolute Gasteiger partial charge is 0.244 e. The Hall–Kier alpha value is -0.570. The standard InChI is InChI=1S/C12H15Cl2N3O3S.ClH/c13-9-2-1-3-10(12(9)14)21(19,20)17-6-4-16(5-7-17)11(18)8-15;/h1-3H,4-8,15H2;1H. The van der Waals surface area contributed by atoms with Crippen LogP contribution in [0.5, 0.6) is 0 Å². The van der Waals surface area contributed by atoms with Crippen molar-refractivity contribution >= 4 is 51.5 Å². The summed E-state index contributed by atoms with van der Waals surface area (Å²) in [5.41, 5.74) is 5.30. The van der Waals surface area contributed by atoms with Crippen molar-refractivity contribution < 1.29 is 13.2 Å². The molecule has 0 aromatic heterocycles.